The number of methoxy groups -OCH3 is 3. The third kappa shape index (κ3) is 3.85. The molecule has 1 aromatic carbocycles. The first-order valence-corrected chi connectivity index (χ1v) is 8.38. The first kappa shape index (κ1) is 18.2. The molecule has 1 heterocycles. The van der Waals surface area contributed by atoms with Gasteiger partial charge < -0.3 is 14.2 Å². The molecule has 0 spiro atoms. The average Bonchev–Trinajstić information content (AvgIpc) is 2.96. The Morgan fingerprint density at radius 3 is 2.71 bits per heavy atom. The van der Waals surface area contributed by atoms with E-state index in [1.165, 1.54) is 18.4 Å². The maximum Gasteiger partial charge on any atom is 0.350 e. The molecule has 0 bridgehead atoms. The summed E-state index contributed by atoms with van der Waals surface area (Å²) in [5.74, 6) is 0.789. The van der Waals surface area contributed by atoms with Gasteiger partial charge in [-0.3, -0.25) is 5.43 Å². The number of aryl methyl sites for hydroxylation is 1. The lowest BCUT2D eigenvalue weighted by Gasteiger charge is -2.10. The summed E-state index contributed by atoms with van der Waals surface area (Å²) in [7, 11) is 4.47. The summed E-state index contributed by atoms with van der Waals surface area (Å²) >= 11 is 4.64. The highest BCUT2D eigenvalue weighted by Crippen LogP contribution is 2.36. The van der Waals surface area contributed by atoms with Gasteiger partial charge in [-0.2, -0.15) is 5.10 Å². The normalized spacial score (nSPS) is 10.7. The van der Waals surface area contributed by atoms with Crippen molar-refractivity contribution in [3.8, 4) is 11.5 Å². The van der Waals surface area contributed by atoms with Crippen molar-refractivity contribution in [3.63, 3.8) is 0 Å². The minimum Gasteiger partial charge on any atom is -0.493 e. The molecule has 0 aliphatic rings. The topological polar surface area (TPSA) is 82.0 Å². The fraction of sp³-hybridized carbons (Fsp3) is 0.267. The number of nitrogens with one attached hydrogen (secondary N) is 1. The molecule has 0 saturated heterocycles. The van der Waals surface area contributed by atoms with Gasteiger partial charge in [0.2, 0.25) is 5.13 Å². The molecule has 0 radical (unpaired) electrons. The number of nitrogens with zero attached hydrogens (tertiary/aromatic N) is 2. The van der Waals surface area contributed by atoms with Crippen LogP contribution in [0.5, 0.6) is 11.5 Å². The van der Waals surface area contributed by atoms with Gasteiger partial charge >= 0.3 is 5.97 Å². The Hall–Kier alpha value is -2.13. The van der Waals surface area contributed by atoms with E-state index in [4.69, 9.17) is 14.2 Å². The lowest BCUT2D eigenvalue weighted by Crippen LogP contribution is -1.99. The fourth-order valence-corrected chi connectivity index (χ4v) is 3.31. The number of thiazole rings is 1. The molecule has 128 valence electrons. The molecule has 1 aromatic heterocycles. The SMILES string of the molecule is COC(=O)c1sc(N/N=C\c2ccc(OC)c(OC)c2Br)nc1C. The van der Waals surface area contributed by atoms with Crippen LogP contribution in [-0.4, -0.2) is 38.5 Å². The number of hydrazone groups is 1. The Kier molecular flexibility index (Phi) is 6.16. The summed E-state index contributed by atoms with van der Waals surface area (Å²) in [6, 6.07) is 3.62. The first-order valence-electron chi connectivity index (χ1n) is 6.77. The van der Waals surface area contributed by atoms with E-state index in [0.717, 1.165) is 10.0 Å². The van der Waals surface area contributed by atoms with Crippen LogP contribution in [0.15, 0.2) is 21.7 Å². The third-order valence-corrected chi connectivity index (χ3v) is 4.91. The van der Waals surface area contributed by atoms with Gasteiger partial charge in [0.1, 0.15) is 4.88 Å². The van der Waals surface area contributed by atoms with Crippen LogP contribution in [0, 0.1) is 6.92 Å². The van der Waals surface area contributed by atoms with E-state index < -0.39 is 5.97 Å². The molecule has 0 saturated carbocycles. The molecule has 2 rings (SSSR count). The van der Waals surface area contributed by atoms with Gasteiger partial charge in [-0.05, 0) is 35.0 Å². The summed E-state index contributed by atoms with van der Waals surface area (Å²) in [6.07, 6.45) is 1.61. The van der Waals surface area contributed by atoms with E-state index in [1.54, 1.807) is 33.4 Å². The van der Waals surface area contributed by atoms with Crippen molar-refractivity contribution in [2.75, 3.05) is 26.8 Å². The van der Waals surface area contributed by atoms with Crippen molar-refractivity contribution in [1.29, 1.82) is 0 Å². The molecule has 7 nitrogen and oxygen atoms in total. The molecule has 0 amide bonds. The summed E-state index contributed by atoms with van der Waals surface area (Å²) < 4.78 is 16.0. The number of carbonyl (C=O) groups excluding carboxylic acids is 1. The summed E-state index contributed by atoms with van der Waals surface area (Å²) in [6.45, 7) is 1.74. The van der Waals surface area contributed by atoms with Gasteiger partial charge in [-0.15, -0.1) is 0 Å². The van der Waals surface area contributed by atoms with Crippen LogP contribution in [-0.2, 0) is 4.74 Å². The minimum absolute atomic E-state index is 0.412. The number of esters is 1. The largest absolute Gasteiger partial charge is 0.493 e. The molecular weight excluding hydrogens is 398 g/mol. The molecule has 9 heteroatoms. The van der Waals surface area contributed by atoms with Crippen molar-refractivity contribution in [1.82, 2.24) is 4.98 Å². The molecular formula is C15H16BrN3O4S. The average molecular weight is 414 g/mol. The molecule has 0 aliphatic carbocycles. The second-order valence-electron chi connectivity index (χ2n) is 4.50. The molecule has 0 unspecified atom stereocenters. The van der Waals surface area contributed by atoms with Crippen LogP contribution < -0.4 is 14.9 Å². The molecule has 2 aromatic rings. The third-order valence-electron chi connectivity index (χ3n) is 3.05. The van der Waals surface area contributed by atoms with Gasteiger partial charge in [-0.1, -0.05) is 11.3 Å². The standard InChI is InChI=1S/C15H16BrN3O4S/c1-8-13(14(20)23-4)24-15(18-8)19-17-7-9-5-6-10(21-2)12(22-3)11(9)16/h5-7H,1-4H3,(H,18,19)/b17-7-. The Bertz CT molecular complexity index is 776. The predicted molar refractivity (Wildman–Crippen MR) is 96.7 cm³/mol. The van der Waals surface area contributed by atoms with E-state index in [0.29, 0.717) is 27.2 Å². The minimum atomic E-state index is -0.412. The summed E-state index contributed by atoms with van der Waals surface area (Å²) in [5, 5.41) is 4.64. The highest BCUT2D eigenvalue weighted by atomic mass is 79.9. The number of aromatic nitrogens is 1. The number of anilines is 1. The zero-order valence-corrected chi connectivity index (χ0v) is 15.9. The fourth-order valence-electron chi connectivity index (χ4n) is 1.89. The predicted octanol–water partition coefficient (Wildman–Crippen LogP) is 3.46. The maximum absolute atomic E-state index is 11.6. The van der Waals surface area contributed by atoms with E-state index >= 15 is 0 Å². The van der Waals surface area contributed by atoms with Crippen molar-refractivity contribution < 1.29 is 19.0 Å². The molecule has 24 heavy (non-hydrogen) atoms. The Morgan fingerprint density at radius 2 is 2.08 bits per heavy atom. The Morgan fingerprint density at radius 1 is 1.33 bits per heavy atom. The smallest absolute Gasteiger partial charge is 0.350 e. The summed E-state index contributed by atoms with van der Waals surface area (Å²) in [4.78, 5) is 16.2. The number of carbonyl (C=O) groups is 1. The van der Waals surface area contributed by atoms with Crippen LogP contribution in [0.2, 0.25) is 0 Å². The Labute approximate surface area is 151 Å². The maximum atomic E-state index is 11.6. The number of ether oxygens (including phenoxy) is 3. The van der Waals surface area contributed by atoms with E-state index in [2.05, 4.69) is 31.4 Å². The Balaban J connectivity index is 2.17. The number of benzene rings is 1. The highest BCUT2D eigenvalue weighted by molar-refractivity contribution is 9.10. The van der Waals surface area contributed by atoms with Crippen LogP contribution in [0.3, 0.4) is 0 Å². The molecule has 0 aliphatic heterocycles. The first-order chi connectivity index (χ1) is 11.5. The number of rotatable bonds is 6. The lowest BCUT2D eigenvalue weighted by atomic mass is 10.2. The van der Waals surface area contributed by atoms with Crippen LogP contribution >= 0.6 is 27.3 Å². The summed E-state index contributed by atoms with van der Waals surface area (Å²) in [5.41, 5.74) is 4.19. The van der Waals surface area contributed by atoms with Crippen molar-refractivity contribution in [2.45, 2.75) is 6.92 Å². The van der Waals surface area contributed by atoms with Crippen molar-refractivity contribution in [3.05, 3.63) is 32.7 Å². The quantitative estimate of drug-likeness (QED) is 0.443. The van der Waals surface area contributed by atoms with Gasteiger partial charge in [0, 0.05) is 5.56 Å². The van der Waals surface area contributed by atoms with Gasteiger partial charge in [0.15, 0.2) is 11.5 Å². The molecule has 1 N–H and O–H groups in total. The van der Waals surface area contributed by atoms with Gasteiger partial charge in [-0.25, -0.2) is 9.78 Å². The zero-order valence-electron chi connectivity index (χ0n) is 13.5. The van der Waals surface area contributed by atoms with Crippen LogP contribution in [0.4, 0.5) is 5.13 Å². The van der Waals surface area contributed by atoms with Gasteiger partial charge in [0.05, 0.1) is 37.7 Å². The van der Waals surface area contributed by atoms with Crippen LogP contribution in [0.1, 0.15) is 20.9 Å². The molecule has 0 fully saturated rings. The number of hydrogen-bond acceptors (Lipinski definition) is 8. The van der Waals surface area contributed by atoms with Crippen molar-refractivity contribution >= 4 is 44.6 Å². The van der Waals surface area contributed by atoms with E-state index in [9.17, 15) is 4.79 Å². The number of hydrogen-bond donors (Lipinski definition) is 1. The lowest BCUT2D eigenvalue weighted by molar-refractivity contribution is 0.0605. The monoisotopic (exact) mass is 413 g/mol. The van der Waals surface area contributed by atoms with E-state index in [1.807, 2.05) is 6.07 Å². The second-order valence-corrected chi connectivity index (χ2v) is 6.29. The number of halogens is 1. The molecule has 0 atom stereocenters. The highest BCUT2D eigenvalue weighted by Gasteiger charge is 2.15. The van der Waals surface area contributed by atoms with E-state index in [-0.39, 0.29) is 0 Å². The second kappa shape index (κ2) is 8.11. The van der Waals surface area contributed by atoms with Crippen LogP contribution in [0.25, 0.3) is 0 Å². The van der Waals surface area contributed by atoms with Gasteiger partial charge in [0.25, 0.3) is 0 Å². The van der Waals surface area contributed by atoms with Crippen molar-refractivity contribution in [2.24, 2.45) is 5.10 Å². The zero-order chi connectivity index (χ0) is 17.7.